The van der Waals surface area contributed by atoms with Gasteiger partial charge in [-0.3, -0.25) is 4.90 Å². The van der Waals surface area contributed by atoms with Gasteiger partial charge in [0.05, 0.1) is 6.61 Å². The third-order valence-electron chi connectivity index (χ3n) is 2.67. The first-order chi connectivity index (χ1) is 7.77. The fourth-order valence-corrected chi connectivity index (χ4v) is 1.67. The highest BCUT2D eigenvalue weighted by Gasteiger charge is 2.19. The Morgan fingerprint density at radius 3 is 2.69 bits per heavy atom. The fraction of sp³-hybridized carbons (Fsp3) is 0.727. The van der Waals surface area contributed by atoms with E-state index in [2.05, 4.69) is 16.8 Å². The van der Waals surface area contributed by atoms with Crippen molar-refractivity contribution in [1.29, 1.82) is 0 Å². The molecule has 0 radical (unpaired) electrons. The fourth-order valence-electron chi connectivity index (χ4n) is 1.67. The molecule has 1 fully saturated rings. The number of nitrogens with one attached hydrogen (secondary N) is 1. The number of piperazine rings is 1. The summed E-state index contributed by atoms with van der Waals surface area (Å²) < 4.78 is 5.03. The molecule has 1 saturated heterocycles. The Kier molecular flexibility index (Phi) is 5.88. The van der Waals surface area contributed by atoms with Crippen molar-refractivity contribution in [3.63, 3.8) is 0 Å². The van der Waals surface area contributed by atoms with E-state index in [1.807, 2.05) is 4.90 Å². The number of rotatable bonds is 5. The highest BCUT2D eigenvalue weighted by atomic mass is 16.5. The van der Waals surface area contributed by atoms with Crippen LogP contribution in [0, 0.1) is 0 Å². The number of urea groups is 1. The Morgan fingerprint density at radius 1 is 1.44 bits per heavy atom. The molecule has 16 heavy (non-hydrogen) atoms. The van der Waals surface area contributed by atoms with Crippen molar-refractivity contribution in [2.45, 2.75) is 0 Å². The smallest absolute Gasteiger partial charge is 0.317 e. The third kappa shape index (κ3) is 4.20. The molecule has 0 bridgehead atoms. The molecule has 0 aliphatic carbocycles. The third-order valence-corrected chi connectivity index (χ3v) is 2.67. The minimum Gasteiger partial charge on any atom is -0.383 e. The molecule has 0 unspecified atom stereocenters. The molecule has 0 atom stereocenters. The summed E-state index contributed by atoms with van der Waals surface area (Å²) >= 11 is 0. The van der Waals surface area contributed by atoms with Gasteiger partial charge < -0.3 is 15.0 Å². The number of carbonyl (C=O) groups is 1. The SMILES string of the molecule is C=CCNC(=O)N1CCN(CCOC)CC1. The summed E-state index contributed by atoms with van der Waals surface area (Å²) in [6.45, 7) is 9.21. The molecule has 1 aliphatic heterocycles. The van der Waals surface area contributed by atoms with Crippen LogP contribution in [0.25, 0.3) is 0 Å². The first-order valence-electron chi connectivity index (χ1n) is 5.63. The van der Waals surface area contributed by atoms with Gasteiger partial charge in [-0.05, 0) is 0 Å². The topological polar surface area (TPSA) is 44.8 Å². The summed E-state index contributed by atoms with van der Waals surface area (Å²) in [5.74, 6) is 0. The normalized spacial score (nSPS) is 17.2. The number of nitrogens with zero attached hydrogens (tertiary/aromatic N) is 2. The van der Waals surface area contributed by atoms with Gasteiger partial charge in [-0.15, -0.1) is 6.58 Å². The minimum absolute atomic E-state index is 0.00583. The number of amides is 2. The lowest BCUT2D eigenvalue weighted by atomic mass is 10.3. The van der Waals surface area contributed by atoms with Crippen LogP contribution in [0.1, 0.15) is 0 Å². The van der Waals surface area contributed by atoms with E-state index in [0.717, 1.165) is 39.3 Å². The van der Waals surface area contributed by atoms with E-state index in [9.17, 15) is 4.79 Å². The zero-order valence-electron chi connectivity index (χ0n) is 9.95. The van der Waals surface area contributed by atoms with Gasteiger partial charge >= 0.3 is 6.03 Å². The maximum atomic E-state index is 11.6. The van der Waals surface area contributed by atoms with Gasteiger partial charge in [0.2, 0.25) is 0 Å². The summed E-state index contributed by atoms with van der Waals surface area (Å²) in [6.07, 6.45) is 1.69. The van der Waals surface area contributed by atoms with E-state index < -0.39 is 0 Å². The van der Waals surface area contributed by atoms with Crippen LogP contribution >= 0.6 is 0 Å². The number of hydrogen-bond acceptors (Lipinski definition) is 3. The maximum Gasteiger partial charge on any atom is 0.317 e. The van der Waals surface area contributed by atoms with Gasteiger partial charge in [-0.25, -0.2) is 4.79 Å². The Morgan fingerprint density at radius 2 is 2.12 bits per heavy atom. The van der Waals surface area contributed by atoms with Gasteiger partial charge in [0.25, 0.3) is 0 Å². The summed E-state index contributed by atoms with van der Waals surface area (Å²) in [5, 5.41) is 2.79. The lowest BCUT2D eigenvalue weighted by Crippen LogP contribution is -2.52. The quantitative estimate of drug-likeness (QED) is 0.680. The molecule has 0 aromatic carbocycles. The van der Waals surface area contributed by atoms with E-state index >= 15 is 0 Å². The van der Waals surface area contributed by atoms with E-state index in [-0.39, 0.29) is 6.03 Å². The average Bonchev–Trinajstić information content (AvgIpc) is 2.34. The van der Waals surface area contributed by atoms with Crippen LogP contribution in [-0.2, 0) is 4.74 Å². The largest absolute Gasteiger partial charge is 0.383 e. The molecule has 92 valence electrons. The highest BCUT2D eigenvalue weighted by Crippen LogP contribution is 2.01. The summed E-state index contributed by atoms with van der Waals surface area (Å²) in [7, 11) is 1.71. The molecule has 1 N–H and O–H groups in total. The standard InChI is InChI=1S/C11H21N3O2/c1-3-4-12-11(15)14-7-5-13(6-8-14)9-10-16-2/h3H,1,4-10H2,2H3,(H,12,15). The lowest BCUT2D eigenvalue weighted by molar-refractivity contribution is 0.106. The van der Waals surface area contributed by atoms with Crippen molar-refractivity contribution in [1.82, 2.24) is 15.1 Å². The van der Waals surface area contributed by atoms with Crippen LogP contribution in [0.4, 0.5) is 4.79 Å². The average molecular weight is 227 g/mol. The number of hydrogen-bond donors (Lipinski definition) is 1. The van der Waals surface area contributed by atoms with Crippen molar-refractivity contribution >= 4 is 6.03 Å². The second kappa shape index (κ2) is 7.24. The lowest BCUT2D eigenvalue weighted by Gasteiger charge is -2.34. The second-order valence-corrected chi connectivity index (χ2v) is 3.80. The number of methoxy groups -OCH3 is 1. The molecule has 1 rings (SSSR count). The number of ether oxygens (including phenoxy) is 1. The molecular formula is C11H21N3O2. The van der Waals surface area contributed by atoms with Crippen molar-refractivity contribution in [3.8, 4) is 0 Å². The van der Waals surface area contributed by atoms with Gasteiger partial charge in [0.1, 0.15) is 0 Å². The van der Waals surface area contributed by atoms with Crippen LogP contribution in [0.2, 0.25) is 0 Å². The highest BCUT2D eigenvalue weighted by molar-refractivity contribution is 5.74. The van der Waals surface area contributed by atoms with Crippen molar-refractivity contribution < 1.29 is 9.53 Å². The second-order valence-electron chi connectivity index (χ2n) is 3.80. The Hall–Kier alpha value is -1.07. The van der Waals surface area contributed by atoms with Crippen LogP contribution in [-0.4, -0.2) is 68.8 Å². The summed E-state index contributed by atoms with van der Waals surface area (Å²) in [5.41, 5.74) is 0. The maximum absolute atomic E-state index is 11.6. The van der Waals surface area contributed by atoms with E-state index in [1.165, 1.54) is 0 Å². The predicted octanol–water partition coefficient (Wildman–Crippen LogP) is 0.146. The van der Waals surface area contributed by atoms with Crippen molar-refractivity contribution in [2.75, 3.05) is 53.0 Å². The summed E-state index contributed by atoms with van der Waals surface area (Å²) in [4.78, 5) is 15.7. The van der Waals surface area contributed by atoms with Crippen LogP contribution < -0.4 is 5.32 Å². The van der Waals surface area contributed by atoms with Gasteiger partial charge in [0, 0.05) is 46.4 Å². The minimum atomic E-state index is 0.00583. The molecule has 1 aliphatic rings. The van der Waals surface area contributed by atoms with Crippen molar-refractivity contribution in [2.24, 2.45) is 0 Å². The Bertz CT molecular complexity index is 225. The molecular weight excluding hydrogens is 206 g/mol. The molecule has 0 aromatic rings. The van der Waals surface area contributed by atoms with E-state index in [1.54, 1.807) is 13.2 Å². The zero-order valence-corrected chi connectivity index (χ0v) is 9.95. The monoisotopic (exact) mass is 227 g/mol. The van der Waals surface area contributed by atoms with Crippen LogP contribution in [0.5, 0.6) is 0 Å². The van der Waals surface area contributed by atoms with E-state index in [4.69, 9.17) is 4.74 Å². The molecule has 0 saturated carbocycles. The van der Waals surface area contributed by atoms with Gasteiger partial charge in [-0.2, -0.15) is 0 Å². The van der Waals surface area contributed by atoms with Crippen LogP contribution in [0.15, 0.2) is 12.7 Å². The van der Waals surface area contributed by atoms with E-state index in [0.29, 0.717) is 6.54 Å². The first kappa shape index (κ1) is 13.0. The first-order valence-corrected chi connectivity index (χ1v) is 5.63. The predicted molar refractivity (Wildman–Crippen MR) is 63.5 cm³/mol. The Balaban J connectivity index is 2.20. The number of carbonyl (C=O) groups excluding carboxylic acids is 1. The molecule has 5 nitrogen and oxygen atoms in total. The molecule has 0 aromatic heterocycles. The van der Waals surface area contributed by atoms with Gasteiger partial charge in [-0.1, -0.05) is 6.08 Å². The summed E-state index contributed by atoms with van der Waals surface area (Å²) in [6, 6.07) is 0.00583. The van der Waals surface area contributed by atoms with Crippen molar-refractivity contribution in [3.05, 3.63) is 12.7 Å². The molecule has 5 heteroatoms. The molecule has 2 amide bonds. The molecule has 1 heterocycles. The van der Waals surface area contributed by atoms with Crippen LogP contribution in [0.3, 0.4) is 0 Å². The van der Waals surface area contributed by atoms with Gasteiger partial charge in [0.15, 0.2) is 0 Å². The Labute approximate surface area is 97.0 Å². The molecule has 0 spiro atoms. The zero-order chi connectivity index (χ0) is 11.8.